The molecule has 5 heterocycles. The van der Waals surface area contributed by atoms with Crippen molar-refractivity contribution in [2.45, 2.75) is 193 Å². The Morgan fingerprint density at radius 2 is 0.722 bits per heavy atom. The van der Waals surface area contributed by atoms with Crippen LogP contribution in [0.3, 0.4) is 0 Å². The van der Waals surface area contributed by atoms with Gasteiger partial charge in [-0.1, -0.05) is 133 Å². The Bertz CT molecular complexity index is 1530. The van der Waals surface area contributed by atoms with Crippen LogP contribution in [-0.4, -0.2) is 33.7 Å². The smallest absolute Gasteiger partial charge is 0.145 e. The fraction of sp³-hybridized carbons (Fsp3) is 0.690. The molecule has 0 saturated carbocycles. The van der Waals surface area contributed by atoms with Gasteiger partial charge in [0.1, 0.15) is 21.7 Å². The maximum absolute atomic E-state index is 4.49. The molecule has 0 bridgehead atoms. The van der Waals surface area contributed by atoms with E-state index in [0.29, 0.717) is 5.92 Å². The zero-order chi connectivity index (χ0) is 40.5. The van der Waals surface area contributed by atoms with Gasteiger partial charge in [0.15, 0.2) is 0 Å². The summed E-state index contributed by atoms with van der Waals surface area (Å²) in [6.45, 7) is 44.9. The maximum atomic E-state index is 4.49. The molecular formula is C42H75N7S5. The van der Waals surface area contributed by atoms with Crippen LogP contribution in [-0.2, 0) is 27.1 Å². The fourth-order valence-corrected chi connectivity index (χ4v) is 7.56. The van der Waals surface area contributed by atoms with Gasteiger partial charge in [0, 0.05) is 49.1 Å². The van der Waals surface area contributed by atoms with Crippen LogP contribution < -0.4 is 0 Å². The summed E-state index contributed by atoms with van der Waals surface area (Å²) < 4.78 is 8.43. The lowest BCUT2D eigenvalue weighted by Crippen LogP contribution is -2.11. The average molecular weight is 838 g/mol. The van der Waals surface area contributed by atoms with Gasteiger partial charge in [-0.3, -0.25) is 0 Å². The minimum absolute atomic E-state index is 0. The monoisotopic (exact) mass is 837 g/mol. The molecule has 0 spiro atoms. The highest BCUT2D eigenvalue weighted by molar-refractivity contribution is 7.10. The van der Waals surface area contributed by atoms with E-state index in [4.69, 9.17) is 0 Å². The van der Waals surface area contributed by atoms with E-state index in [0.717, 1.165) is 36.7 Å². The molecule has 0 aliphatic carbocycles. The summed E-state index contributed by atoms with van der Waals surface area (Å²) in [7, 11) is 0. The second kappa shape index (κ2) is 22.1. The van der Waals surface area contributed by atoms with E-state index in [-0.39, 0.29) is 41.9 Å². The molecule has 5 aromatic heterocycles. The van der Waals surface area contributed by atoms with E-state index < -0.39 is 0 Å². The van der Waals surface area contributed by atoms with Crippen LogP contribution in [0.1, 0.15) is 192 Å². The van der Waals surface area contributed by atoms with Gasteiger partial charge >= 0.3 is 0 Å². The Morgan fingerprint density at radius 1 is 0.426 bits per heavy atom. The predicted octanol–water partition coefficient (Wildman–Crippen LogP) is 14.6. The van der Waals surface area contributed by atoms with Crippen LogP contribution in [0.15, 0.2) is 16.1 Å². The second-order valence-corrected chi connectivity index (χ2v) is 23.0. The summed E-state index contributed by atoms with van der Waals surface area (Å²) in [6, 6.07) is 0. The fourth-order valence-electron chi connectivity index (χ4n) is 3.50. The van der Waals surface area contributed by atoms with E-state index in [1.165, 1.54) is 40.1 Å². The number of hydrogen-bond acceptors (Lipinski definition) is 12. The highest BCUT2D eigenvalue weighted by Gasteiger charge is 2.21. The summed E-state index contributed by atoms with van der Waals surface area (Å²) in [5.41, 5.74) is 4.55. The first-order chi connectivity index (χ1) is 23.4. The third kappa shape index (κ3) is 20.3. The molecule has 0 unspecified atom stereocenters. The van der Waals surface area contributed by atoms with Crippen molar-refractivity contribution in [1.82, 2.24) is 33.7 Å². The minimum Gasteiger partial charge on any atom is -0.246 e. The average Bonchev–Trinajstić information content (AvgIpc) is 3.78. The molecule has 0 saturated heterocycles. The van der Waals surface area contributed by atoms with Gasteiger partial charge in [0.25, 0.3) is 0 Å². The van der Waals surface area contributed by atoms with Crippen molar-refractivity contribution in [3.05, 3.63) is 69.9 Å². The lowest BCUT2D eigenvalue weighted by Gasteiger charge is -2.13. The van der Waals surface area contributed by atoms with Crippen LogP contribution in [0.2, 0.25) is 0 Å². The first-order valence-corrected chi connectivity index (χ1v) is 22.0. The lowest BCUT2D eigenvalue weighted by atomic mass is 9.93. The van der Waals surface area contributed by atoms with Gasteiger partial charge in [-0.15, -0.1) is 34.0 Å². The third-order valence-electron chi connectivity index (χ3n) is 6.93. The van der Waals surface area contributed by atoms with E-state index in [1.54, 1.807) is 34.0 Å². The van der Waals surface area contributed by atoms with E-state index in [2.05, 4.69) is 168 Å². The molecule has 0 aromatic carbocycles. The molecule has 0 radical (unpaired) electrons. The number of nitrogens with zero attached hydrogens (tertiary/aromatic N) is 7. The minimum atomic E-state index is 0. The molecule has 0 atom stereocenters. The van der Waals surface area contributed by atoms with Crippen LogP contribution in [0.4, 0.5) is 0 Å². The molecule has 7 nitrogen and oxygen atoms in total. The van der Waals surface area contributed by atoms with Crippen LogP contribution >= 0.6 is 57.1 Å². The van der Waals surface area contributed by atoms with Gasteiger partial charge in [0.05, 0.1) is 32.1 Å². The van der Waals surface area contributed by atoms with Gasteiger partial charge < -0.3 is 0 Å². The normalized spacial score (nSPS) is 11.7. The summed E-state index contributed by atoms with van der Waals surface area (Å²) in [6.07, 6.45) is 0. The Hall–Kier alpha value is -1.99. The van der Waals surface area contributed by atoms with Gasteiger partial charge in [0.2, 0.25) is 0 Å². The number of aromatic nitrogens is 7. The van der Waals surface area contributed by atoms with Crippen molar-refractivity contribution in [3.8, 4) is 0 Å². The highest BCUT2D eigenvalue weighted by atomic mass is 32.1. The number of rotatable bonds is 1. The van der Waals surface area contributed by atoms with Crippen LogP contribution in [0, 0.1) is 27.7 Å². The molecule has 12 heteroatoms. The van der Waals surface area contributed by atoms with Crippen molar-refractivity contribution in [1.29, 1.82) is 0 Å². The summed E-state index contributed by atoms with van der Waals surface area (Å²) >= 11 is 8.18. The molecule has 308 valence electrons. The molecule has 0 aliphatic rings. The maximum Gasteiger partial charge on any atom is 0.145 e. The molecule has 0 aliphatic heterocycles. The molecular weight excluding hydrogens is 763 g/mol. The summed E-state index contributed by atoms with van der Waals surface area (Å²) in [5, 5.41) is 12.1. The largest absolute Gasteiger partial charge is 0.246 e. The molecule has 5 rings (SSSR count). The SMILES string of the molecule is C.C.CC(C)c1nsc(C(C)(C)C)n1.Cc1nc(C(C)(C)C)cs1.Cc1nc(C(C)(C)C)cs1.Cc1nc(C(C)(C)C)cs1.Cc1nsc(C(C)(C)C)n1. The van der Waals surface area contributed by atoms with Gasteiger partial charge in [-0.05, 0) is 50.8 Å². The Balaban J connectivity index is 0. The molecule has 0 amide bonds. The van der Waals surface area contributed by atoms with E-state index in [1.807, 2.05) is 27.7 Å². The predicted molar refractivity (Wildman–Crippen MR) is 246 cm³/mol. The Morgan fingerprint density at radius 3 is 0.852 bits per heavy atom. The highest BCUT2D eigenvalue weighted by Crippen LogP contribution is 2.27. The number of aryl methyl sites for hydroxylation is 4. The molecule has 0 N–H and O–H groups in total. The van der Waals surface area contributed by atoms with Crippen molar-refractivity contribution >= 4 is 57.1 Å². The quantitative estimate of drug-likeness (QED) is 0.166. The van der Waals surface area contributed by atoms with Crippen molar-refractivity contribution in [3.63, 3.8) is 0 Å². The standard InChI is InChI=1S/C9H16N2S.3C8H13NS.C7H12N2S.2CH4/c1-6(2)7-10-8(12-11-7)9(3,4)5;3*1-6-9-7(5-10-6)8(2,3)4;1-5-8-6(10-9-5)7(2,3)4;;/h6H,1-5H3;3*5H,1-4H3;1-4H3;2*1H4. The third-order valence-corrected chi connectivity index (χ3v) is 11.6. The number of hydrogen-bond donors (Lipinski definition) is 0. The molecule has 0 fully saturated rings. The zero-order valence-electron chi connectivity index (χ0n) is 36.0. The first kappa shape index (κ1) is 54.1. The van der Waals surface area contributed by atoms with Gasteiger partial charge in [-0.25, -0.2) is 24.9 Å². The first-order valence-electron chi connectivity index (χ1n) is 17.8. The van der Waals surface area contributed by atoms with E-state index >= 15 is 0 Å². The number of thiazole rings is 3. The molecule has 5 aromatic rings. The lowest BCUT2D eigenvalue weighted by molar-refractivity contribution is 0.571. The topological polar surface area (TPSA) is 90.2 Å². The van der Waals surface area contributed by atoms with E-state index in [9.17, 15) is 0 Å². The summed E-state index contributed by atoms with van der Waals surface area (Å²) in [4.78, 5) is 22.0. The zero-order valence-corrected chi connectivity index (χ0v) is 40.1. The Kier molecular flexibility index (Phi) is 22.1. The second-order valence-electron chi connectivity index (χ2n) is 18.3. The molecule has 54 heavy (non-hydrogen) atoms. The van der Waals surface area contributed by atoms with Crippen LogP contribution in [0.25, 0.3) is 0 Å². The van der Waals surface area contributed by atoms with Crippen molar-refractivity contribution in [2.75, 3.05) is 0 Å². The van der Waals surface area contributed by atoms with Crippen molar-refractivity contribution < 1.29 is 0 Å². The summed E-state index contributed by atoms with van der Waals surface area (Å²) in [5.74, 6) is 2.30. The Labute approximate surface area is 351 Å². The van der Waals surface area contributed by atoms with Crippen molar-refractivity contribution in [2.24, 2.45) is 0 Å². The van der Waals surface area contributed by atoms with Gasteiger partial charge in [-0.2, -0.15) is 8.75 Å². The van der Waals surface area contributed by atoms with Crippen LogP contribution in [0.5, 0.6) is 0 Å².